The van der Waals surface area contributed by atoms with Crippen LogP contribution >= 0.6 is 0 Å². The van der Waals surface area contributed by atoms with Crippen molar-refractivity contribution in [2.75, 3.05) is 12.0 Å². The Balaban J connectivity index is 2.49. The fourth-order valence-electron chi connectivity index (χ4n) is 2.36. The first-order chi connectivity index (χ1) is 9.37. The Morgan fingerprint density at radius 2 is 2.20 bits per heavy atom. The van der Waals surface area contributed by atoms with Crippen LogP contribution in [0.5, 0.6) is 0 Å². The molecule has 1 fully saturated rings. The molecule has 1 unspecified atom stereocenters. The van der Waals surface area contributed by atoms with E-state index in [1.54, 1.807) is 0 Å². The van der Waals surface area contributed by atoms with E-state index in [4.69, 9.17) is 5.84 Å². The summed E-state index contributed by atoms with van der Waals surface area (Å²) in [6, 6.07) is 3.41. The molecule has 1 atom stereocenters. The number of nitrogens with one attached hydrogen (secondary N) is 1. The third kappa shape index (κ3) is 2.47. The van der Waals surface area contributed by atoms with Gasteiger partial charge in [0, 0.05) is 24.7 Å². The quantitative estimate of drug-likeness (QED) is 0.487. The van der Waals surface area contributed by atoms with Gasteiger partial charge >= 0.3 is 0 Å². The average molecular weight is 300 g/mol. The highest BCUT2D eigenvalue weighted by Gasteiger charge is 2.34. The Bertz CT molecular complexity index is 631. The van der Waals surface area contributed by atoms with Gasteiger partial charge in [0.25, 0.3) is 5.69 Å². The van der Waals surface area contributed by atoms with Gasteiger partial charge in [-0.25, -0.2) is 8.42 Å². The zero-order valence-corrected chi connectivity index (χ0v) is 11.8. The summed E-state index contributed by atoms with van der Waals surface area (Å²) in [5.41, 5.74) is 2.03. The lowest BCUT2D eigenvalue weighted by atomic mass is 10.3. The number of nitro groups is 1. The molecule has 1 aromatic carbocycles. The van der Waals surface area contributed by atoms with Crippen molar-refractivity contribution in [1.29, 1.82) is 0 Å². The highest BCUT2D eigenvalue weighted by Crippen LogP contribution is 2.31. The number of nitrogens with zero attached hydrogens (tertiary/aromatic N) is 2. The van der Waals surface area contributed by atoms with Crippen molar-refractivity contribution < 1.29 is 13.3 Å². The van der Waals surface area contributed by atoms with Crippen LogP contribution in [-0.2, 0) is 10.0 Å². The number of nitrogen functional groups attached to an aromatic ring is 1. The molecule has 110 valence electrons. The maximum atomic E-state index is 12.6. The maximum Gasteiger partial charge on any atom is 0.271 e. The van der Waals surface area contributed by atoms with Gasteiger partial charge in [-0.3, -0.25) is 16.0 Å². The molecule has 0 bridgehead atoms. The fourth-order valence-corrected chi connectivity index (χ4v) is 4.20. The molecule has 1 aliphatic heterocycles. The van der Waals surface area contributed by atoms with Crippen LogP contribution in [0.25, 0.3) is 0 Å². The van der Waals surface area contributed by atoms with Crippen molar-refractivity contribution in [3.8, 4) is 0 Å². The van der Waals surface area contributed by atoms with Gasteiger partial charge in [-0.1, -0.05) is 0 Å². The molecule has 0 spiro atoms. The summed E-state index contributed by atoms with van der Waals surface area (Å²) >= 11 is 0. The van der Waals surface area contributed by atoms with Crippen molar-refractivity contribution in [2.24, 2.45) is 5.84 Å². The van der Waals surface area contributed by atoms with Crippen molar-refractivity contribution in [1.82, 2.24) is 4.31 Å². The Morgan fingerprint density at radius 3 is 2.70 bits per heavy atom. The third-order valence-electron chi connectivity index (χ3n) is 3.41. The van der Waals surface area contributed by atoms with Gasteiger partial charge in [0.05, 0.1) is 10.6 Å². The van der Waals surface area contributed by atoms with E-state index in [1.165, 1.54) is 10.4 Å². The molecule has 8 nitrogen and oxygen atoms in total. The summed E-state index contributed by atoms with van der Waals surface area (Å²) < 4.78 is 26.5. The van der Waals surface area contributed by atoms with E-state index < -0.39 is 14.9 Å². The lowest BCUT2D eigenvalue weighted by Crippen LogP contribution is -2.34. The number of hydrazine groups is 1. The van der Waals surface area contributed by atoms with Crippen LogP contribution in [0.15, 0.2) is 23.1 Å². The van der Waals surface area contributed by atoms with Gasteiger partial charge in [-0.2, -0.15) is 4.31 Å². The Hall–Kier alpha value is -1.71. The molecule has 9 heteroatoms. The summed E-state index contributed by atoms with van der Waals surface area (Å²) in [6.45, 7) is 2.29. The number of non-ortho nitro benzene ring substituents is 1. The minimum absolute atomic E-state index is 0.0262. The van der Waals surface area contributed by atoms with Gasteiger partial charge in [0.15, 0.2) is 0 Å². The molecule has 0 amide bonds. The summed E-state index contributed by atoms with van der Waals surface area (Å²) in [7, 11) is -3.70. The second kappa shape index (κ2) is 5.35. The van der Waals surface area contributed by atoms with Gasteiger partial charge in [0.2, 0.25) is 10.0 Å². The molecule has 1 aromatic rings. The number of rotatable bonds is 4. The minimum Gasteiger partial charge on any atom is -0.323 e. The van der Waals surface area contributed by atoms with Crippen LogP contribution in [0.1, 0.15) is 19.8 Å². The molecule has 0 saturated carbocycles. The first-order valence-electron chi connectivity index (χ1n) is 6.15. The normalized spacial score (nSPS) is 20.0. The van der Waals surface area contributed by atoms with Crippen LogP contribution in [0.2, 0.25) is 0 Å². The molecule has 1 saturated heterocycles. The van der Waals surface area contributed by atoms with Crippen molar-refractivity contribution in [3.05, 3.63) is 28.3 Å². The SMILES string of the molecule is CC1CCCN1S(=O)(=O)c1ccc([N+](=O)[O-])cc1NN. The number of nitro benzene ring substituents is 1. The van der Waals surface area contributed by atoms with E-state index in [0.29, 0.717) is 6.54 Å². The molecule has 3 N–H and O–H groups in total. The molecule has 1 heterocycles. The molecule has 20 heavy (non-hydrogen) atoms. The van der Waals surface area contributed by atoms with Crippen LogP contribution in [0.4, 0.5) is 11.4 Å². The average Bonchev–Trinajstić information content (AvgIpc) is 2.84. The Morgan fingerprint density at radius 1 is 1.50 bits per heavy atom. The van der Waals surface area contributed by atoms with Crippen LogP contribution in [0, 0.1) is 10.1 Å². The largest absolute Gasteiger partial charge is 0.323 e. The van der Waals surface area contributed by atoms with Gasteiger partial charge in [-0.15, -0.1) is 0 Å². The summed E-state index contributed by atoms with van der Waals surface area (Å²) in [6.07, 6.45) is 1.61. The predicted octanol–water partition coefficient (Wildman–Crippen LogP) is 1.05. The van der Waals surface area contributed by atoms with Gasteiger partial charge in [-0.05, 0) is 25.8 Å². The number of benzene rings is 1. The van der Waals surface area contributed by atoms with Gasteiger partial charge in [0.1, 0.15) is 4.90 Å². The Kier molecular flexibility index (Phi) is 3.93. The number of anilines is 1. The fraction of sp³-hybridized carbons (Fsp3) is 0.455. The zero-order valence-electron chi connectivity index (χ0n) is 10.9. The van der Waals surface area contributed by atoms with Crippen LogP contribution in [-0.4, -0.2) is 30.2 Å². The van der Waals surface area contributed by atoms with E-state index in [-0.39, 0.29) is 22.3 Å². The molecule has 2 rings (SSSR count). The van der Waals surface area contributed by atoms with Crippen molar-refractivity contribution in [3.63, 3.8) is 0 Å². The standard InChI is InChI=1S/C11H16N4O4S/c1-8-3-2-6-14(8)20(18,19)11-5-4-9(15(16)17)7-10(11)13-12/h4-5,7-8,13H,2-3,6,12H2,1H3. The highest BCUT2D eigenvalue weighted by atomic mass is 32.2. The summed E-state index contributed by atoms with van der Waals surface area (Å²) in [5.74, 6) is 5.29. The molecule has 0 radical (unpaired) electrons. The number of nitrogens with two attached hydrogens (primary N) is 1. The minimum atomic E-state index is -3.70. The smallest absolute Gasteiger partial charge is 0.271 e. The third-order valence-corrected chi connectivity index (χ3v) is 5.48. The highest BCUT2D eigenvalue weighted by molar-refractivity contribution is 7.89. The van der Waals surface area contributed by atoms with E-state index in [0.717, 1.165) is 25.0 Å². The number of hydrogen-bond donors (Lipinski definition) is 2. The molecule has 1 aliphatic rings. The number of sulfonamides is 1. The van der Waals surface area contributed by atoms with E-state index in [2.05, 4.69) is 5.43 Å². The zero-order chi connectivity index (χ0) is 14.9. The first kappa shape index (κ1) is 14.7. The topological polar surface area (TPSA) is 119 Å². The van der Waals surface area contributed by atoms with E-state index in [9.17, 15) is 18.5 Å². The summed E-state index contributed by atoms with van der Waals surface area (Å²) in [5, 5.41) is 10.7. The van der Waals surface area contributed by atoms with E-state index in [1.807, 2.05) is 6.92 Å². The van der Waals surface area contributed by atoms with Crippen LogP contribution < -0.4 is 11.3 Å². The second-order valence-corrected chi connectivity index (χ2v) is 6.55. The maximum absolute atomic E-state index is 12.6. The number of hydrogen-bond acceptors (Lipinski definition) is 6. The summed E-state index contributed by atoms with van der Waals surface area (Å²) in [4.78, 5) is 10.1. The molecular weight excluding hydrogens is 284 g/mol. The van der Waals surface area contributed by atoms with Crippen molar-refractivity contribution in [2.45, 2.75) is 30.7 Å². The van der Waals surface area contributed by atoms with Gasteiger partial charge < -0.3 is 5.43 Å². The lowest BCUT2D eigenvalue weighted by Gasteiger charge is -2.22. The molecular formula is C11H16N4O4S. The Labute approximate surface area is 116 Å². The van der Waals surface area contributed by atoms with Crippen LogP contribution in [0.3, 0.4) is 0 Å². The monoisotopic (exact) mass is 300 g/mol. The predicted molar refractivity (Wildman–Crippen MR) is 73.5 cm³/mol. The lowest BCUT2D eigenvalue weighted by molar-refractivity contribution is -0.384. The molecule has 0 aromatic heterocycles. The first-order valence-corrected chi connectivity index (χ1v) is 7.59. The molecule has 0 aliphatic carbocycles. The van der Waals surface area contributed by atoms with E-state index >= 15 is 0 Å². The second-order valence-electron chi connectivity index (χ2n) is 4.69. The van der Waals surface area contributed by atoms with Crippen molar-refractivity contribution >= 4 is 21.4 Å².